The Morgan fingerprint density at radius 3 is 2.88 bits per heavy atom. The molecule has 0 heterocycles. The lowest BCUT2D eigenvalue weighted by molar-refractivity contribution is 0.479. The molecule has 2 rings (SSSR count). The van der Waals surface area contributed by atoms with Crippen molar-refractivity contribution in [2.75, 3.05) is 7.05 Å². The normalized spacial score (nSPS) is 17.4. The minimum atomic E-state index is -0.264. The van der Waals surface area contributed by atoms with Crippen LogP contribution >= 0.6 is 11.6 Å². The van der Waals surface area contributed by atoms with Crippen molar-refractivity contribution in [1.82, 2.24) is 5.32 Å². The lowest BCUT2D eigenvalue weighted by atomic mass is 10.0. The molecule has 88 valence electrons. The van der Waals surface area contributed by atoms with Crippen LogP contribution in [0.5, 0.6) is 0 Å². The molecule has 0 bridgehead atoms. The van der Waals surface area contributed by atoms with Gasteiger partial charge in [-0.25, -0.2) is 4.39 Å². The van der Waals surface area contributed by atoms with E-state index in [4.69, 9.17) is 11.6 Å². The summed E-state index contributed by atoms with van der Waals surface area (Å²) in [6.45, 7) is 0. The van der Waals surface area contributed by atoms with Crippen molar-refractivity contribution in [2.45, 2.75) is 31.7 Å². The van der Waals surface area contributed by atoms with Gasteiger partial charge in [-0.3, -0.25) is 0 Å². The van der Waals surface area contributed by atoms with E-state index in [1.54, 1.807) is 6.07 Å². The molecule has 1 aliphatic carbocycles. The molecule has 16 heavy (non-hydrogen) atoms. The Hall–Kier alpha value is -0.600. The van der Waals surface area contributed by atoms with Gasteiger partial charge in [0.2, 0.25) is 0 Å². The van der Waals surface area contributed by atoms with Crippen molar-refractivity contribution in [1.29, 1.82) is 0 Å². The minimum absolute atomic E-state index is 0.221. The van der Waals surface area contributed by atoms with Crippen LogP contribution in [0.3, 0.4) is 0 Å². The van der Waals surface area contributed by atoms with E-state index >= 15 is 0 Å². The van der Waals surface area contributed by atoms with Crippen LogP contribution in [0.15, 0.2) is 18.2 Å². The van der Waals surface area contributed by atoms with Gasteiger partial charge in [-0.05, 0) is 37.4 Å². The van der Waals surface area contributed by atoms with Crippen molar-refractivity contribution in [3.8, 4) is 0 Å². The summed E-state index contributed by atoms with van der Waals surface area (Å²) in [6, 6.07) is 5.58. The summed E-state index contributed by atoms with van der Waals surface area (Å²) >= 11 is 5.76. The number of rotatable bonds is 5. The molecule has 1 aromatic rings. The third-order valence-corrected chi connectivity index (χ3v) is 3.51. The number of hydrogen-bond donors (Lipinski definition) is 1. The fourth-order valence-electron chi connectivity index (χ4n) is 2.03. The maximum absolute atomic E-state index is 13.7. The van der Waals surface area contributed by atoms with Gasteiger partial charge in [0, 0.05) is 6.04 Å². The maximum Gasteiger partial charge on any atom is 0.145 e. The van der Waals surface area contributed by atoms with Crippen LogP contribution < -0.4 is 5.32 Å². The van der Waals surface area contributed by atoms with Gasteiger partial charge >= 0.3 is 0 Å². The third kappa shape index (κ3) is 2.96. The molecule has 0 amide bonds. The Morgan fingerprint density at radius 2 is 2.25 bits per heavy atom. The summed E-state index contributed by atoms with van der Waals surface area (Å²) in [4.78, 5) is 0. The summed E-state index contributed by atoms with van der Waals surface area (Å²) in [5.74, 6) is 0.583. The topological polar surface area (TPSA) is 12.0 Å². The molecule has 3 heteroatoms. The van der Waals surface area contributed by atoms with Crippen molar-refractivity contribution in [2.24, 2.45) is 5.92 Å². The summed E-state index contributed by atoms with van der Waals surface area (Å²) in [5, 5.41) is 3.48. The third-order valence-electron chi connectivity index (χ3n) is 3.22. The zero-order valence-electron chi connectivity index (χ0n) is 9.47. The first-order valence-electron chi connectivity index (χ1n) is 5.81. The van der Waals surface area contributed by atoms with Crippen LogP contribution in [0.2, 0.25) is 5.02 Å². The van der Waals surface area contributed by atoms with Crippen molar-refractivity contribution < 1.29 is 4.39 Å². The van der Waals surface area contributed by atoms with Gasteiger partial charge in [0.25, 0.3) is 0 Å². The molecule has 1 nitrogen and oxygen atoms in total. The first-order chi connectivity index (χ1) is 7.70. The Labute approximate surface area is 101 Å². The first-order valence-corrected chi connectivity index (χ1v) is 6.18. The molecule has 1 N–H and O–H groups in total. The molecule has 1 atom stereocenters. The number of benzene rings is 1. The van der Waals surface area contributed by atoms with E-state index in [2.05, 4.69) is 5.32 Å². The van der Waals surface area contributed by atoms with Crippen LogP contribution in [0.1, 0.15) is 24.8 Å². The minimum Gasteiger partial charge on any atom is -0.317 e. The molecule has 1 fully saturated rings. The van der Waals surface area contributed by atoms with E-state index in [9.17, 15) is 4.39 Å². The van der Waals surface area contributed by atoms with Gasteiger partial charge in [0.05, 0.1) is 5.02 Å². The summed E-state index contributed by atoms with van der Waals surface area (Å²) in [7, 11) is 1.94. The van der Waals surface area contributed by atoms with E-state index in [1.165, 1.54) is 12.8 Å². The molecule has 0 radical (unpaired) electrons. The van der Waals surface area contributed by atoms with Gasteiger partial charge < -0.3 is 5.32 Å². The van der Waals surface area contributed by atoms with E-state index < -0.39 is 0 Å². The highest BCUT2D eigenvalue weighted by atomic mass is 35.5. The molecule has 1 unspecified atom stereocenters. The first kappa shape index (κ1) is 11.9. The molecule has 0 aliphatic heterocycles. The van der Waals surface area contributed by atoms with Gasteiger partial charge in [-0.15, -0.1) is 0 Å². The van der Waals surface area contributed by atoms with Gasteiger partial charge in [0.15, 0.2) is 0 Å². The average Bonchev–Trinajstić information content (AvgIpc) is 3.07. The van der Waals surface area contributed by atoms with Gasteiger partial charge in [0.1, 0.15) is 5.82 Å². The van der Waals surface area contributed by atoms with Gasteiger partial charge in [-0.1, -0.05) is 36.6 Å². The van der Waals surface area contributed by atoms with E-state index in [-0.39, 0.29) is 10.8 Å². The van der Waals surface area contributed by atoms with Crippen LogP contribution in [0, 0.1) is 11.7 Å². The molecule has 0 aromatic heterocycles. The molecule has 0 spiro atoms. The standard InChI is InChI=1S/C13H17ClFN/c1-16-11(7-9-5-6-9)8-10-3-2-4-12(14)13(10)15/h2-4,9,11,16H,5-8H2,1H3. The second-order valence-corrected chi connectivity index (χ2v) is 4.99. The molecule has 1 aliphatic rings. The second-order valence-electron chi connectivity index (χ2n) is 4.58. The second kappa shape index (κ2) is 5.15. The Bertz CT molecular complexity index is 363. The summed E-state index contributed by atoms with van der Waals surface area (Å²) in [5.41, 5.74) is 0.715. The number of likely N-dealkylation sites (N-methyl/N-ethyl adjacent to an activating group) is 1. The summed E-state index contributed by atoms with van der Waals surface area (Å²) in [6.07, 6.45) is 4.52. The van der Waals surface area contributed by atoms with Crippen molar-refractivity contribution in [3.05, 3.63) is 34.6 Å². The van der Waals surface area contributed by atoms with E-state index in [1.807, 2.05) is 19.2 Å². The van der Waals surface area contributed by atoms with E-state index in [0.717, 1.165) is 18.8 Å². The van der Waals surface area contributed by atoms with Crippen molar-refractivity contribution in [3.63, 3.8) is 0 Å². The monoisotopic (exact) mass is 241 g/mol. The highest BCUT2D eigenvalue weighted by Crippen LogP contribution is 2.34. The quantitative estimate of drug-likeness (QED) is 0.833. The molecular formula is C13H17ClFN. The molecule has 1 aromatic carbocycles. The number of halogens is 2. The largest absolute Gasteiger partial charge is 0.317 e. The van der Waals surface area contributed by atoms with Crippen molar-refractivity contribution >= 4 is 11.6 Å². The van der Waals surface area contributed by atoms with Crippen LogP contribution in [0.4, 0.5) is 4.39 Å². The lowest BCUT2D eigenvalue weighted by Crippen LogP contribution is -2.28. The highest BCUT2D eigenvalue weighted by Gasteiger charge is 2.25. The van der Waals surface area contributed by atoms with E-state index in [0.29, 0.717) is 11.6 Å². The SMILES string of the molecule is CNC(Cc1cccc(Cl)c1F)CC1CC1. The van der Waals surface area contributed by atoms with Crippen LogP contribution in [0.25, 0.3) is 0 Å². The Morgan fingerprint density at radius 1 is 1.50 bits per heavy atom. The zero-order chi connectivity index (χ0) is 11.5. The molecule has 0 saturated heterocycles. The predicted molar refractivity (Wildman–Crippen MR) is 65.3 cm³/mol. The summed E-state index contributed by atoms with van der Waals surface area (Å²) < 4.78 is 13.7. The smallest absolute Gasteiger partial charge is 0.145 e. The van der Waals surface area contributed by atoms with Gasteiger partial charge in [-0.2, -0.15) is 0 Å². The molecular weight excluding hydrogens is 225 g/mol. The predicted octanol–water partition coefficient (Wildman–Crippen LogP) is 3.41. The average molecular weight is 242 g/mol. The number of nitrogens with one attached hydrogen (secondary N) is 1. The van der Waals surface area contributed by atoms with Crippen LogP contribution in [-0.2, 0) is 6.42 Å². The van der Waals surface area contributed by atoms with Crippen LogP contribution in [-0.4, -0.2) is 13.1 Å². The molecule has 1 saturated carbocycles. The maximum atomic E-state index is 13.7. The fourth-order valence-corrected chi connectivity index (χ4v) is 2.22. The fraction of sp³-hybridized carbons (Fsp3) is 0.538. The lowest BCUT2D eigenvalue weighted by Gasteiger charge is -2.16. The highest BCUT2D eigenvalue weighted by molar-refractivity contribution is 6.30. The Balaban J connectivity index is 2.02. The number of hydrogen-bond acceptors (Lipinski definition) is 1. The Kier molecular flexibility index (Phi) is 3.82. The zero-order valence-corrected chi connectivity index (χ0v) is 10.2.